The summed E-state index contributed by atoms with van der Waals surface area (Å²) in [5, 5.41) is 0.992. The van der Waals surface area contributed by atoms with Gasteiger partial charge in [-0.15, -0.1) is 11.3 Å². The van der Waals surface area contributed by atoms with Crippen LogP contribution in [0.3, 0.4) is 0 Å². The highest BCUT2D eigenvalue weighted by Crippen LogP contribution is 2.25. The van der Waals surface area contributed by atoms with Crippen LogP contribution in [0.15, 0.2) is 46.4 Å². The molecule has 1 aromatic carbocycles. The molecule has 3 aromatic rings. The van der Waals surface area contributed by atoms with Crippen molar-refractivity contribution in [1.82, 2.24) is 9.88 Å². The summed E-state index contributed by atoms with van der Waals surface area (Å²) in [5.41, 5.74) is 1.77. The van der Waals surface area contributed by atoms with E-state index in [4.69, 9.17) is 0 Å². The van der Waals surface area contributed by atoms with Gasteiger partial charge in [0.2, 0.25) is 0 Å². The highest BCUT2D eigenvalue weighted by atomic mass is 79.9. The summed E-state index contributed by atoms with van der Waals surface area (Å²) in [4.78, 5) is 19.3. The molecule has 0 aliphatic heterocycles. The molecule has 1 atom stereocenters. The molecule has 0 unspecified atom stereocenters. The van der Waals surface area contributed by atoms with E-state index in [1.165, 1.54) is 4.88 Å². The number of fused-ring (bicyclic) bond motifs is 1. The van der Waals surface area contributed by atoms with Crippen LogP contribution in [-0.2, 0) is 6.54 Å². The standard InChI is InChI=1S/C17H17BrN2OS/c1-11(20(2)10-12-7-8-16(18)22-12)17(21)14-9-19-15-6-4-3-5-13(14)15/h3-9,11,19H,10H2,1-2H3/t11-/m0/s1. The second-order valence-electron chi connectivity index (χ2n) is 5.41. The summed E-state index contributed by atoms with van der Waals surface area (Å²) < 4.78 is 1.12. The maximum atomic E-state index is 12.8. The van der Waals surface area contributed by atoms with Crippen molar-refractivity contribution in [2.45, 2.75) is 19.5 Å². The number of Topliss-reactive ketones (excluding diaryl/α,β-unsaturated/α-hetero) is 1. The summed E-state index contributed by atoms with van der Waals surface area (Å²) in [6.45, 7) is 2.73. The van der Waals surface area contributed by atoms with E-state index in [2.05, 4.69) is 31.9 Å². The van der Waals surface area contributed by atoms with E-state index in [0.29, 0.717) is 0 Å². The Labute approximate surface area is 142 Å². The van der Waals surface area contributed by atoms with E-state index in [9.17, 15) is 4.79 Å². The molecule has 0 amide bonds. The van der Waals surface area contributed by atoms with Gasteiger partial charge in [-0.3, -0.25) is 9.69 Å². The number of nitrogens with zero attached hydrogens (tertiary/aromatic N) is 1. The molecule has 0 saturated carbocycles. The van der Waals surface area contributed by atoms with Gasteiger partial charge < -0.3 is 4.98 Å². The van der Waals surface area contributed by atoms with Gasteiger partial charge in [-0.05, 0) is 48.1 Å². The molecular formula is C17H17BrN2OS. The molecule has 0 saturated heterocycles. The number of thiophene rings is 1. The third kappa shape index (κ3) is 3.02. The van der Waals surface area contributed by atoms with E-state index < -0.39 is 0 Å². The topological polar surface area (TPSA) is 36.1 Å². The third-order valence-electron chi connectivity index (χ3n) is 3.93. The van der Waals surface area contributed by atoms with Crippen LogP contribution in [0, 0.1) is 0 Å². The number of aromatic nitrogens is 1. The lowest BCUT2D eigenvalue weighted by Crippen LogP contribution is -2.35. The molecule has 0 spiro atoms. The lowest BCUT2D eigenvalue weighted by Gasteiger charge is -2.22. The Balaban J connectivity index is 1.79. The zero-order valence-corrected chi connectivity index (χ0v) is 14.9. The Morgan fingerprint density at radius 2 is 2.09 bits per heavy atom. The van der Waals surface area contributed by atoms with E-state index in [1.807, 2.05) is 50.5 Å². The van der Waals surface area contributed by atoms with Crippen LogP contribution in [0.1, 0.15) is 22.2 Å². The fraction of sp³-hybridized carbons (Fsp3) is 0.235. The number of aromatic amines is 1. The number of hydrogen-bond donors (Lipinski definition) is 1. The molecular weight excluding hydrogens is 360 g/mol. The molecule has 0 radical (unpaired) electrons. The maximum Gasteiger partial charge on any atom is 0.181 e. The monoisotopic (exact) mass is 376 g/mol. The highest BCUT2D eigenvalue weighted by molar-refractivity contribution is 9.11. The van der Waals surface area contributed by atoms with E-state index in [-0.39, 0.29) is 11.8 Å². The normalized spacial score (nSPS) is 12.9. The lowest BCUT2D eigenvalue weighted by molar-refractivity contribution is 0.0865. The fourth-order valence-electron chi connectivity index (χ4n) is 2.52. The minimum absolute atomic E-state index is 0.149. The smallest absolute Gasteiger partial charge is 0.181 e. The number of halogens is 1. The second-order valence-corrected chi connectivity index (χ2v) is 7.96. The zero-order valence-electron chi connectivity index (χ0n) is 12.5. The summed E-state index contributed by atoms with van der Waals surface area (Å²) in [6.07, 6.45) is 1.82. The molecule has 1 N–H and O–H groups in total. The molecule has 3 rings (SSSR count). The van der Waals surface area contributed by atoms with Crippen LogP contribution in [0.2, 0.25) is 0 Å². The Bertz CT molecular complexity index is 808. The van der Waals surface area contributed by atoms with Crippen LogP contribution < -0.4 is 0 Å². The van der Waals surface area contributed by atoms with Gasteiger partial charge in [-0.1, -0.05) is 18.2 Å². The summed E-state index contributed by atoms with van der Waals surface area (Å²) >= 11 is 5.18. The quantitative estimate of drug-likeness (QED) is 0.655. The SMILES string of the molecule is C[C@@H](C(=O)c1c[nH]c2ccccc12)N(C)Cc1ccc(Br)s1. The number of benzene rings is 1. The number of carbonyl (C=O) groups is 1. The minimum atomic E-state index is -0.167. The number of likely N-dealkylation sites (N-methyl/N-ethyl adjacent to an activating group) is 1. The predicted molar refractivity (Wildman–Crippen MR) is 95.6 cm³/mol. The first-order chi connectivity index (χ1) is 10.6. The van der Waals surface area contributed by atoms with E-state index in [1.54, 1.807) is 11.3 Å². The number of nitrogens with one attached hydrogen (secondary N) is 1. The minimum Gasteiger partial charge on any atom is -0.360 e. The highest BCUT2D eigenvalue weighted by Gasteiger charge is 2.22. The van der Waals surface area contributed by atoms with E-state index >= 15 is 0 Å². The van der Waals surface area contributed by atoms with Crippen LogP contribution in [0.5, 0.6) is 0 Å². The Morgan fingerprint density at radius 3 is 2.82 bits per heavy atom. The number of para-hydroxylation sites is 1. The largest absolute Gasteiger partial charge is 0.360 e. The van der Waals surface area contributed by atoms with Gasteiger partial charge in [-0.2, -0.15) is 0 Å². The number of hydrogen-bond acceptors (Lipinski definition) is 3. The molecule has 0 bridgehead atoms. The average molecular weight is 377 g/mol. The fourth-order valence-corrected chi connectivity index (χ4v) is 4.07. The van der Waals surface area contributed by atoms with Gasteiger partial charge in [0, 0.05) is 34.1 Å². The van der Waals surface area contributed by atoms with Crippen LogP contribution in [0.4, 0.5) is 0 Å². The van der Waals surface area contributed by atoms with Gasteiger partial charge in [-0.25, -0.2) is 0 Å². The molecule has 0 aliphatic carbocycles. The van der Waals surface area contributed by atoms with Crippen molar-refractivity contribution in [1.29, 1.82) is 0 Å². The maximum absolute atomic E-state index is 12.8. The van der Waals surface area contributed by atoms with Crippen molar-refractivity contribution in [3.8, 4) is 0 Å². The number of ketones is 1. The zero-order chi connectivity index (χ0) is 15.7. The molecule has 2 aromatic heterocycles. The van der Waals surface area contributed by atoms with Crippen molar-refractivity contribution in [3.05, 3.63) is 56.8 Å². The molecule has 22 heavy (non-hydrogen) atoms. The Kier molecular flexibility index (Phi) is 4.47. The van der Waals surface area contributed by atoms with Crippen molar-refractivity contribution in [2.75, 3.05) is 7.05 Å². The molecule has 0 aliphatic rings. The van der Waals surface area contributed by atoms with Crippen LogP contribution >= 0.6 is 27.3 Å². The van der Waals surface area contributed by atoms with Crippen molar-refractivity contribution >= 4 is 44.0 Å². The summed E-state index contributed by atoms with van der Waals surface area (Å²) in [5.74, 6) is 0.149. The molecule has 0 fully saturated rings. The number of H-pyrrole nitrogens is 1. The van der Waals surface area contributed by atoms with Gasteiger partial charge in [0.1, 0.15) is 0 Å². The van der Waals surface area contributed by atoms with Gasteiger partial charge in [0.15, 0.2) is 5.78 Å². The second kappa shape index (κ2) is 6.36. The third-order valence-corrected chi connectivity index (χ3v) is 5.54. The van der Waals surface area contributed by atoms with Crippen molar-refractivity contribution in [3.63, 3.8) is 0 Å². The van der Waals surface area contributed by atoms with Crippen LogP contribution in [0.25, 0.3) is 10.9 Å². The van der Waals surface area contributed by atoms with E-state index in [0.717, 1.165) is 26.8 Å². The van der Waals surface area contributed by atoms with Crippen molar-refractivity contribution < 1.29 is 4.79 Å². The predicted octanol–water partition coefficient (Wildman–Crippen LogP) is 4.70. The molecule has 5 heteroatoms. The first-order valence-corrected chi connectivity index (χ1v) is 8.72. The van der Waals surface area contributed by atoms with Crippen LogP contribution in [-0.4, -0.2) is 28.8 Å². The Hall–Kier alpha value is -1.43. The van der Waals surface area contributed by atoms with Gasteiger partial charge in [0.25, 0.3) is 0 Å². The van der Waals surface area contributed by atoms with Crippen molar-refractivity contribution in [2.24, 2.45) is 0 Å². The lowest BCUT2D eigenvalue weighted by atomic mass is 10.0. The molecule has 114 valence electrons. The first kappa shape index (κ1) is 15.5. The Morgan fingerprint density at radius 1 is 1.32 bits per heavy atom. The summed E-state index contributed by atoms with van der Waals surface area (Å²) in [7, 11) is 1.99. The average Bonchev–Trinajstić information content (AvgIpc) is 3.12. The summed E-state index contributed by atoms with van der Waals surface area (Å²) in [6, 6.07) is 11.9. The first-order valence-electron chi connectivity index (χ1n) is 7.11. The van der Waals surface area contributed by atoms with Gasteiger partial charge in [0.05, 0.1) is 9.83 Å². The molecule has 3 nitrogen and oxygen atoms in total. The van der Waals surface area contributed by atoms with Gasteiger partial charge >= 0.3 is 0 Å². The number of rotatable bonds is 5. The molecule has 2 heterocycles. The number of carbonyl (C=O) groups excluding carboxylic acids is 1.